The van der Waals surface area contributed by atoms with Gasteiger partial charge in [-0.25, -0.2) is 15.0 Å². The van der Waals surface area contributed by atoms with Crippen LogP contribution in [0, 0.1) is 0 Å². The second-order valence-electron chi connectivity index (χ2n) is 8.69. The van der Waals surface area contributed by atoms with Gasteiger partial charge >= 0.3 is 0 Å². The van der Waals surface area contributed by atoms with Crippen molar-refractivity contribution in [3.05, 3.63) is 64.7 Å². The van der Waals surface area contributed by atoms with E-state index in [9.17, 15) is 4.79 Å². The number of aromatic nitrogens is 5. The lowest BCUT2D eigenvalue weighted by molar-refractivity contribution is 0.0960. The van der Waals surface area contributed by atoms with Gasteiger partial charge in [-0.2, -0.15) is 0 Å². The molecule has 2 aliphatic heterocycles. The predicted octanol–water partition coefficient (Wildman–Crippen LogP) is 3.25. The van der Waals surface area contributed by atoms with Crippen LogP contribution in [0.2, 0.25) is 0 Å². The number of ether oxygens (including phenoxy) is 3. The van der Waals surface area contributed by atoms with Crippen molar-refractivity contribution in [1.29, 1.82) is 0 Å². The molecule has 0 radical (unpaired) electrons. The van der Waals surface area contributed by atoms with Gasteiger partial charge in [0, 0.05) is 6.61 Å². The average molecular weight is 455 g/mol. The molecule has 5 aromatic rings. The van der Waals surface area contributed by atoms with E-state index in [0.29, 0.717) is 41.0 Å². The van der Waals surface area contributed by atoms with E-state index in [2.05, 4.69) is 0 Å². The Balaban J connectivity index is 1.44. The summed E-state index contributed by atoms with van der Waals surface area (Å²) in [5.41, 5.74) is 4.13. The molecule has 1 fully saturated rings. The van der Waals surface area contributed by atoms with Gasteiger partial charge in [0.05, 0.1) is 36.6 Å². The van der Waals surface area contributed by atoms with Crippen LogP contribution in [-0.2, 0) is 17.8 Å². The molecule has 0 N–H and O–H groups in total. The molecule has 1 saturated heterocycles. The van der Waals surface area contributed by atoms with Crippen molar-refractivity contribution in [2.24, 2.45) is 0 Å². The van der Waals surface area contributed by atoms with E-state index in [4.69, 9.17) is 29.2 Å². The first-order valence-corrected chi connectivity index (χ1v) is 11.4. The van der Waals surface area contributed by atoms with Gasteiger partial charge in [0.15, 0.2) is 22.8 Å². The van der Waals surface area contributed by atoms with Crippen molar-refractivity contribution < 1.29 is 14.2 Å². The largest absolute Gasteiger partial charge is 0.454 e. The van der Waals surface area contributed by atoms with Gasteiger partial charge < -0.3 is 18.8 Å². The number of fused-ring (bicyclic) bond motifs is 5. The van der Waals surface area contributed by atoms with E-state index < -0.39 is 0 Å². The molecule has 0 bridgehead atoms. The fourth-order valence-electron chi connectivity index (χ4n) is 4.85. The van der Waals surface area contributed by atoms with E-state index in [1.54, 1.807) is 10.9 Å². The van der Waals surface area contributed by atoms with Crippen molar-refractivity contribution >= 4 is 33.2 Å². The van der Waals surface area contributed by atoms with Gasteiger partial charge in [-0.05, 0) is 42.7 Å². The second kappa shape index (κ2) is 7.53. The normalized spacial score (nSPS) is 17.4. The fraction of sp³-hybridized carbons (Fsp3) is 0.280. The Morgan fingerprint density at radius 1 is 1.00 bits per heavy atom. The van der Waals surface area contributed by atoms with Crippen LogP contribution in [0.4, 0.5) is 0 Å². The first kappa shape index (κ1) is 19.5. The topological polar surface area (TPSA) is 93.3 Å². The summed E-state index contributed by atoms with van der Waals surface area (Å²) in [4.78, 5) is 28.1. The smallest absolute Gasteiger partial charge is 0.265 e. The molecule has 1 atom stereocenters. The second-order valence-corrected chi connectivity index (χ2v) is 8.69. The molecule has 9 nitrogen and oxygen atoms in total. The van der Waals surface area contributed by atoms with Crippen LogP contribution in [0.25, 0.3) is 33.2 Å². The minimum Gasteiger partial charge on any atom is -0.454 e. The highest BCUT2D eigenvalue weighted by atomic mass is 16.7. The summed E-state index contributed by atoms with van der Waals surface area (Å²) < 4.78 is 20.3. The molecule has 3 aromatic heterocycles. The van der Waals surface area contributed by atoms with E-state index in [1.807, 2.05) is 47.0 Å². The maximum absolute atomic E-state index is 13.6. The van der Waals surface area contributed by atoms with E-state index in [-0.39, 0.29) is 18.5 Å². The Hall–Kier alpha value is -3.98. The lowest BCUT2D eigenvalue weighted by Gasteiger charge is -2.11. The predicted molar refractivity (Wildman–Crippen MR) is 125 cm³/mol. The first-order chi connectivity index (χ1) is 16.7. The molecule has 0 saturated carbocycles. The van der Waals surface area contributed by atoms with Crippen molar-refractivity contribution in [3.63, 3.8) is 0 Å². The number of nitrogens with zero attached hydrogens (tertiary/aromatic N) is 5. The van der Waals surface area contributed by atoms with Gasteiger partial charge in [0.2, 0.25) is 6.79 Å². The number of para-hydroxylation sites is 2. The molecule has 0 aliphatic carbocycles. The van der Waals surface area contributed by atoms with Crippen LogP contribution < -0.4 is 15.0 Å². The number of hydrogen-bond donors (Lipinski definition) is 0. The van der Waals surface area contributed by atoms with Crippen molar-refractivity contribution in [2.75, 3.05) is 13.4 Å². The summed E-state index contributed by atoms with van der Waals surface area (Å²) in [5.74, 6) is 1.44. The zero-order chi connectivity index (χ0) is 22.6. The molecule has 170 valence electrons. The Labute approximate surface area is 193 Å². The highest BCUT2D eigenvalue weighted by molar-refractivity contribution is 6.04. The first-order valence-electron chi connectivity index (χ1n) is 11.4. The molecular weight excluding hydrogens is 434 g/mol. The SMILES string of the molecule is O=c1c2c3nc4ccccc4nc3n(Cc3ccc4c(c3)OCO4)c2ncn1C[C@H]1CCCO1. The van der Waals surface area contributed by atoms with Gasteiger partial charge in [-0.3, -0.25) is 9.36 Å². The molecule has 5 heterocycles. The van der Waals surface area contributed by atoms with Gasteiger partial charge in [-0.15, -0.1) is 0 Å². The van der Waals surface area contributed by atoms with Gasteiger partial charge in [0.25, 0.3) is 5.56 Å². The molecule has 0 amide bonds. The summed E-state index contributed by atoms with van der Waals surface area (Å²) in [6.07, 6.45) is 3.61. The molecule has 9 heteroatoms. The van der Waals surface area contributed by atoms with Gasteiger partial charge in [0.1, 0.15) is 10.9 Å². The number of rotatable bonds is 4. The maximum Gasteiger partial charge on any atom is 0.265 e. The Kier molecular flexibility index (Phi) is 4.31. The third-order valence-electron chi connectivity index (χ3n) is 6.52. The Morgan fingerprint density at radius 2 is 1.85 bits per heavy atom. The lowest BCUT2D eigenvalue weighted by atomic mass is 10.2. The monoisotopic (exact) mass is 455 g/mol. The van der Waals surface area contributed by atoms with Crippen molar-refractivity contribution in [2.45, 2.75) is 32.0 Å². The molecule has 2 aliphatic rings. The van der Waals surface area contributed by atoms with Crippen LogP contribution in [0.5, 0.6) is 11.5 Å². The van der Waals surface area contributed by atoms with Crippen LogP contribution in [-0.4, -0.2) is 43.6 Å². The van der Waals surface area contributed by atoms with Gasteiger partial charge in [-0.1, -0.05) is 18.2 Å². The Morgan fingerprint density at radius 3 is 2.71 bits per heavy atom. The van der Waals surface area contributed by atoms with Crippen LogP contribution in [0.3, 0.4) is 0 Å². The summed E-state index contributed by atoms with van der Waals surface area (Å²) >= 11 is 0. The third kappa shape index (κ3) is 3.04. The molecule has 34 heavy (non-hydrogen) atoms. The zero-order valence-corrected chi connectivity index (χ0v) is 18.3. The molecule has 2 aromatic carbocycles. The fourth-order valence-corrected chi connectivity index (χ4v) is 4.85. The quantitative estimate of drug-likeness (QED) is 0.411. The van der Waals surface area contributed by atoms with Crippen LogP contribution >= 0.6 is 0 Å². The summed E-state index contributed by atoms with van der Waals surface area (Å²) in [6, 6.07) is 13.5. The molecular formula is C25H21N5O4. The molecule has 0 unspecified atom stereocenters. The Bertz CT molecular complexity index is 1630. The summed E-state index contributed by atoms with van der Waals surface area (Å²) in [5, 5.41) is 0.481. The molecule has 0 spiro atoms. The highest BCUT2D eigenvalue weighted by Gasteiger charge is 2.23. The lowest BCUT2D eigenvalue weighted by Crippen LogP contribution is -2.26. The van der Waals surface area contributed by atoms with Crippen molar-refractivity contribution in [3.8, 4) is 11.5 Å². The average Bonchev–Trinajstić information content (AvgIpc) is 3.60. The third-order valence-corrected chi connectivity index (χ3v) is 6.52. The standard InChI is InChI=1S/C25H21N5O4/c31-25-21-22-24(28-18-6-2-1-5-17(18)27-22)30(11-15-7-8-19-20(10-15)34-14-33-19)23(21)26-13-29(25)12-16-4-3-9-32-16/h1-2,5-8,10,13,16H,3-4,9,11-12,14H2/t16-/m1/s1. The minimum atomic E-state index is -0.125. The van der Waals surface area contributed by atoms with E-state index in [1.165, 1.54) is 0 Å². The van der Waals surface area contributed by atoms with E-state index in [0.717, 1.165) is 41.8 Å². The minimum absolute atomic E-state index is 0.0332. The zero-order valence-electron chi connectivity index (χ0n) is 18.3. The highest BCUT2D eigenvalue weighted by Crippen LogP contribution is 2.33. The number of hydrogen-bond acceptors (Lipinski definition) is 7. The van der Waals surface area contributed by atoms with E-state index >= 15 is 0 Å². The van der Waals surface area contributed by atoms with Crippen LogP contribution in [0.15, 0.2) is 53.6 Å². The number of benzene rings is 2. The maximum atomic E-state index is 13.6. The summed E-state index contributed by atoms with van der Waals surface area (Å²) in [6.45, 7) is 1.91. The van der Waals surface area contributed by atoms with Crippen LogP contribution in [0.1, 0.15) is 18.4 Å². The summed E-state index contributed by atoms with van der Waals surface area (Å²) in [7, 11) is 0. The van der Waals surface area contributed by atoms with Crippen molar-refractivity contribution in [1.82, 2.24) is 24.1 Å². The molecule has 7 rings (SSSR count).